The summed E-state index contributed by atoms with van der Waals surface area (Å²) in [5.41, 5.74) is -1.60. The molecule has 0 bridgehead atoms. The molecule has 0 unspecified atom stereocenters. The highest BCUT2D eigenvalue weighted by molar-refractivity contribution is 9.10. The lowest BCUT2D eigenvalue weighted by Crippen LogP contribution is -2.35. The molecule has 0 saturated heterocycles. The molecule has 5 nitrogen and oxygen atoms in total. The predicted molar refractivity (Wildman–Crippen MR) is 66.6 cm³/mol. The van der Waals surface area contributed by atoms with E-state index in [1.165, 1.54) is 0 Å². The van der Waals surface area contributed by atoms with Gasteiger partial charge in [0.2, 0.25) is 0 Å². The van der Waals surface area contributed by atoms with E-state index >= 15 is 0 Å². The molecule has 0 aliphatic heterocycles. The second-order valence-electron chi connectivity index (χ2n) is 3.80. The van der Waals surface area contributed by atoms with Crippen LogP contribution < -0.4 is 4.90 Å². The molecule has 2 N–H and O–H groups in total. The van der Waals surface area contributed by atoms with E-state index in [0.29, 0.717) is 4.90 Å². The second kappa shape index (κ2) is 6.12. The molecule has 0 heterocycles. The molecule has 1 aromatic carbocycles. The van der Waals surface area contributed by atoms with Crippen LogP contribution in [0.3, 0.4) is 0 Å². The van der Waals surface area contributed by atoms with Gasteiger partial charge in [0.15, 0.2) is 0 Å². The summed E-state index contributed by atoms with van der Waals surface area (Å²) >= 11 is 2.97. The fourth-order valence-corrected chi connectivity index (χ4v) is 1.91. The van der Waals surface area contributed by atoms with Crippen LogP contribution in [-0.4, -0.2) is 35.2 Å². The number of rotatable bonds is 5. The van der Waals surface area contributed by atoms with Gasteiger partial charge in [-0.3, -0.25) is 9.59 Å². The highest BCUT2D eigenvalue weighted by Crippen LogP contribution is 2.38. The Balaban J connectivity index is 3.33. The van der Waals surface area contributed by atoms with Crippen LogP contribution in [0, 0.1) is 0 Å². The van der Waals surface area contributed by atoms with Gasteiger partial charge in [0.05, 0.1) is 11.3 Å². The molecule has 0 aliphatic carbocycles. The molecule has 0 aliphatic rings. The van der Waals surface area contributed by atoms with E-state index in [0.717, 1.165) is 18.2 Å². The molecule has 20 heavy (non-hydrogen) atoms. The number of anilines is 1. The van der Waals surface area contributed by atoms with Crippen LogP contribution in [0.2, 0.25) is 0 Å². The second-order valence-corrected chi connectivity index (χ2v) is 4.72. The molecular formula is C11H9BrF3NO4. The van der Waals surface area contributed by atoms with Crippen LogP contribution >= 0.6 is 15.9 Å². The number of hydrogen-bond donors (Lipinski definition) is 2. The molecule has 0 saturated carbocycles. The molecule has 0 amide bonds. The largest absolute Gasteiger partial charge is 0.480 e. The quantitative estimate of drug-likeness (QED) is 0.848. The smallest absolute Gasteiger partial charge is 0.418 e. The van der Waals surface area contributed by atoms with E-state index in [4.69, 9.17) is 10.2 Å². The fraction of sp³-hybridized carbons (Fsp3) is 0.273. The number of carboxylic acids is 2. The number of halogens is 4. The molecule has 0 aromatic heterocycles. The average Bonchev–Trinajstić information content (AvgIpc) is 2.24. The third-order valence-corrected chi connectivity index (χ3v) is 2.75. The summed E-state index contributed by atoms with van der Waals surface area (Å²) in [6.07, 6.45) is -4.72. The first-order chi connectivity index (χ1) is 9.11. The highest BCUT2D eigenvalue weighted by atomic mass is 79.9. The monoisotopic (exact) mass is 355 g/mol. The van der Waals surface area contributed by atoms with Crippen molar-refractivity contribution in [3.8, 4) is 0 Å². The van der Waals surface area contributed by atoms with Crippen molar-refractivity contribution in [2.45, 2.75) is 6.18 Å². The van der Waals surface area contributed by atoms with Crippen molar-refractivity contribution in [2.75, 3.05) is 18.0 Å². The van der Waals surface area contributed by atoms with E-state index in [-0.39, 0.29) is 4.47 Å². The number of nitrogens with zero attached hydrogens (tertiary/aromatic N) is 1. The molecular weight excluding hydrogens is 347 g/mol. The lowest BCUT2D eigenvalue weighted by atomic mass is 10.1. The van der Waals surface area contributed by atoms with Crippen LogP contribution in [0.25, 0.3) is 0 Å². The molecule has 9 heteroatoms. The minimum absolute atomic E-state index is 0.279. The minimum Gasteiger partial charge on any atom is -0.480 e. The van der Waals surface area contributed by atoms with Gasteiger partial charge in [0.25, 0.3) is 0 Å². The van der Waals surface area contributed by atoms with Gasteiger partial charge in [-0.25, -0.2) is 0 Å². The van der Waals surface area contributed by atoms with E-state index in [1.807, 2.05) is 0 Å². The lowest BCUT2D eigenvalue weighted by molar-refractivity contribution is -0.139. The van der Waals surface area contributed by atoms with Crippen LogP contribution in [0.1, 0.15) is 5.56 Å². The molecule has 0 spiro atoms. The Labute approximate surface area is 119 Å². The lowest BCUT2D eigenvalue weighted by Gasteiger charge is -2.24. The first-order valence-electron chi connectivity index (χ1n) is 5.16. The number of hydrogen-bond acceptors (Lipinski definition) is 3. The van der Waals surface area contributed by atoms with Crippen molar-refractivity contribution >= 4 is 33.6 Å². The summed E-state index contributed by atoms with van der Waals surface area (Å²) in [6, 6.07) is 2.94. The number of aliphatic carboxylic acids is 2. The molecule has 0 radical (unpaired) electrons. The first-order valence-corrected chi connectivity index (χ1v) is 5.96. The Hall–Kier alpha value is -1.77. The van der Waals surface area contributed by atoms with E-state index in [2.05, 4.69) is 15.9 Å². The fourth-order valence-electron chi connectivity index (χ4n) is 1.56. The molecule has 1 aromatic rings. The van der Waals surface area contributed by atoms with Gasteiger partial charge < -0.3 is 15.1 Å². The molecule has 110 valence electrons. The normalized spacial score (nSPS) is 11.2. The SMILES string of the molecule is O=C(O)CN(CC(=O)O)c1cc(Br)ccc1C(F)(F)F. The van der Waals surface area contributed by atoms with Gasteiger partial charge in [-0.05, 0) is 18.2 Å². The average molecular weight is 356 g/mol. The van der Waals surface area contributed by atoms with Crippen molar-refractivity contribution < 1.29 is 33.0 Å². The van der Waals surface area contributed by atoms with Crippen LogP contribution in [0.5, 0.6) is 0 Å². The maximum Gasteiger partial charge on any atom is 0.418 e. The Morgan fingerprint density at radius 1 is 1.15 bits per heavy atom. The number of benzene rings is 1. The Kier molecular flexibility index (Phi) is 4.98. The van der Waals surface area contributed by atoms with E-state index in [1.54, 1.807) is 0 Å². The van der Waals surface area contributed by atoms with Gasteiger partial charge in [-0.15, -0.1) is 0 Å². The maximum atomic E-state index is 12.9. The zero-order valence-electron chi connectivity index (χ0n) is 9.82. The zero-order valence-corrected chi connectivity index (χ0v) is 11.4. The van der Waals surface area contributed by atoms with Gasteiger partial charge in [0, 0.05) is 4.47 Å². The third-order valence-electron chi connectivity index (χ3n) is 2.26. The van der Waals surface area contributed by atoms with Gasteiger partial charge in [0.1, 0.15) is 13.1 Å². The summed E-state index contributed by atoms with van der Waals surface area (Å²) in [5.74, 6) is -2.86. The van der Waals surface area contributed by atoms with Crippen molar-refractivity contribution in [3.63, 3.8) is 0 Å². The summed E-state index contributed by atoms with van der Waals surface area (Å²) < 4.78 is 38.9. The standard InChI is InChI=1S/C11H9BrF3NO4/c12-6-1-2-7(11(13,14)15)8(3-6)16(4-9(17)18)5-10(19)20/h1-3H,4-5H2,(H,17,18)(H,19,20). The number of carbonyl (C=O) groups is 2. The van der Waals surface area contributed by atoms with Crippen molar-refractivity contribution in [1.82, 2.24) is 0 Å². The summed E-state index contributed by atoms with van der Waals surface area (Å²) in [5, 5.41) is 17.4. The van der Waals surface area contributed by atoms with Crippen molar-refractivity contribution in [2.24, 2.45) is 0 Å². The maximum absolute atomic E-state index is 12.9. The van der Waals surface area contributed by atoms with E-state index < -0.39 is 42.5 Å². The topological polar surface area (TPSA) is 77.8 Å². The Morgan fingerprint density at radius 2 is 1.65 bits per heavy atom. The number of carboxylic acid groups (broad SMARTS) is 2. The van der Waals surface area contributed by atoms with Crippen molar-refractivity contribution in [3.05, 3.63) is 28.2 Å². The van der Waals surface area contributed by atoms with Gasteiger partial charge in [-0.2, -0.15) is 13.2 Å². The number of alkyl halides is 3. The van der Waals surface area contributed by atoms with Crippen LogP contribution in [0.15, 0.2) is 22.7 Å². The molecule has 0 atom stereocenters. The Morgan fingerprint density at radius 3 is 2.05 bits per heavy atom. The third kappa shape index (κ3) is 4.41. The summed E-state index contributed by atoms with van der Waals surface area (Å²) in [7, 11) is 0. The van der Waals surface area contributed by atoms with E-state index in [9.17, 15) is 22.8 Å². The summed E-state index contributed by atoms with van der Waals surface area (Å²) in [4.78, 5) is 22.0. The molecule has 1 rings (SSSR count). The van der Waals surface area contributed by atoms with Crippen molar-refractivity contribution in [1.29, 1.82) is 0 Å². The van der Waals surface area contributed by atoms with Crippen LogP contribution in [-0.2, 0) is 15.8 Å². The van der Waals surface area contributed by atoms with Gasteiger partial charge in [-0.1, -0.05) is 15.9 Å². The minimum atomic E-state index is -4.72. The highest BCUT2D eigenvalue weighted by Gasteiger charge is 2.35. The first kappa shape index (κ1) is 16.3. The summed E-state index contributed by atoms with van der Waals surface area (Å²) in [6.45, 7) is -1.71. The molecule has 0 fully saturated rings. The Bertz CT molecular complexity index is 517. The van der Waals surface area contributed by atoms with Crippen LogP contribution in [0.4, 0.5) is 18.9 Å². The van der Waals surface area contributed by atoms with Gasteiger partial charge >= 0.3 is 18.1 Å². The predicted octanol–water partition coefficient (Wildman–Crippen LogP) is 2.44. The zero-order chi connectivity index (χ0) is 15.5.